The lowest BCUT2D eigenvalue weighted by atomic mass is 10.0. The van der Waals surface area contributed by atoms with Crippen LogP contribution < -0.4 is 0 Å². The number of unbranched alkanes of at least 4 members (excludes halogenated alkanes) is 16. The summed E-state index contributed by atoms with van der Waals surface area (Å²) in [5.41, 5.74) is 0. The maximum Gasteiger partial charge on any atom is 0.106 e. The van der Waals surface area contributed by atoms with E-state index < -0.39 is 0 Å². The molecule has 0 spiro atoms. The Morgan fingerprint density at radius 2 is 1.19 bits per heavy atom. The van der Waals surface area contributed by atoms with E-state index in [-0.39, 0.29) is 12.4 Å². The van der Waals surface area contributed by atoms with Crippen LogP contribution in [-0.4, -0.2) is 35.2 Å². The van der Waals surface area contributed by atoms with Crippen molar-refractivity contribution in [3.63, 3.8) is 0 Å². The zero-order chi connectivity index (χ0) is 19.6. The van der Waals surface area contributed by atoms with E-state index in [1.54, 1.807) is 0 Å². The summed E-state index contributed by atoms with van der Waals surface area (Å²) in [5, 5.41) is 9.71. The first-order valence-electron chi connectivity index (χ1n) is 12.2. The van der Waals surface area contributed by atoms with Gasteiger partial charge in [-0.05, 0) is 19.8 Å². The molecule has 1 aliphatic rings. The highest BCUT2D eigenvalue weighted by molar-refractivity contribution is 5.62. The summed E-state index contributed by atoms with van der Waals surface area (Å²) >= 11 is 0. The van der Waals surface area contributed by atoms with Crippen LogP contribution in [0.3, 0.4) is 0 Å². The van der Waals surface area contributed by atoms with Gasteiger partial charge in [0.25, 0.3) is 0 Å². The van der Waals surface area contributed by atoms with Gasteiger partial charge in [-0.25, -0.2) is 0 Å². The van der Waals surface area contributed by atoms with Crippen LogP contribution in [0.5, 0.6) is 0 Å². The third-order valence-electron chi connectivity index (χ3n) is 6.00. The quantitative estimate of drug-likeness (QED) is 0.243. The van der Waals surface area contributed by atoms with E-state index >= 15 is 0 Å². The predicted molar refractivity (Wildman–Crippen MR) is 119 cm³/mol. The van der Waals surface area contributed by atoms with Crippen molar-refractivity contribution in [2.24, 2.45) is 4.99 Å². The Kier molecular flexibility index (Phi) is 16.1. The van der Waals surface area contributed by atoms with Crippen molar-refractivity contribution in [2.45, 2.75) is 142 Å². The number of aliphatic imine (C=N–C) groups is 1. The summed E-state index contributed by atoms with van der Waals surface area (Å²) in [6, 6.07) is 0. The summed E-state index contributed by atoms with van der Waals surface area (Å²) in [4.78, 5) is 6.57. The van der Waals surface area contributed by atoms with E-state index in [0.29, 0.717) is 0 Å². The fraction of sp³-hybridized carbons (Fsp3) is 0.958. The molecule has 0 aromatic carbocycles. The molecule has 0 aliphatic carbocycles. The Labute approximate surface area is 170 Å². The van der Waals surface area contributed by atoms with Crippen molar-refractivity contribution in [3.05, 3.63) is 0 Å². The highest BCUT2D eigenvalue weighted by Crippen LogP contribution is 2.18. The van der Waals surface area contributed by atoms with Crippen molar-refractivity contribution < 1.29 is 5.11 Å². The van der Waals surface area contributed by atoms with Gasteiger partial charge in [-0.2, -0.15) is 0 Å². The van der Waals surface area contributed by atoms with Crippen LogP contribution in [0.1, 0.15) is 129 Å². The summed E-state index contributed by atoms with van der Waals surface area (Å²) in [6.07, 6.45) is 26.9. The molecule has 0 fully saturated rings. The molecule has 27 heavy (non-hydrogen) atoms. The molecule has 0 aromatic rings. The van der Waals surface area contributed by atoms with E-state index in [0.717, 1.165) is 13.0 Å². The van der Waals surface area contributed by atoms with E-state index in [9.17, 15) is 5.11 Å². The number of hydrogen-bond acceptors (Lipinski definition) is 3. The summed E-state index contributed by atoms with van der Waals surface area (Å²) in [5.74, 6) is 0. The highest BCUT2D eigenvalue weighted by Gasteiger charge is 2.23. The molecule has 0 aromatic heterocycles. The molecular weight excluding hydrogens is 332 g/mol. The van der Waals surface area contributed by atoms with Crippen LogP contribution in [0.15, 0.2) is 4.99 Å². The van der Waals surface area contributed by atoms with Gasteiger partial charge in [0.05, 0.1) is 0 Å². The van der Waals surface area contributed by atoms with Gasteiger partial charge in [0.2, 0.25) is 0 Å². The summed E-state index contributed by atoms with van der Waals surface area (Å²) < 4.78 is 0. The first kappa shape index (κ1) is 24.6. The molecule has 3 heteroatoms. The zero-order valence-corrected chi connectivity index (χ0v) is 18.5. The first-order chi connectivity index (χ1) is 13.3. The molecule has 2 atom stereocenters. The van der Waals surface area contributed by atoms with Crippen LogP contribution in [-0.2, 0) is 0 Å². The van der Waals surface area contributed by atoms with E-state index in [1.165, 1.54) is 109 Å². The van der Waals surface area contributed by atoms with Crippen molar-refractivity contribution in [1.29, 1.82) is 0 Å². The highest BCUT2D eigenvalue weighted by atomic mass is 16.3. The number of aliphatic hydroxyl groups excluding tert-OH is 1. The fourth-order valence-electron chi connectivity index (χ4n) is 4.16. The van der Waals surface area contributed by atoms with Crippen LogP contribution in [0.25, 0.3) is 0 Å². The second kappa shape index (κ2) is 17.7. The number of rotatable bonds is 19. The molecule has 2 unspecified atom stereocenters. The maximum absolute atomic E-state index is 9.71. The predicted octanol–water partition coefficient (Wildman–Crippen LogP) is 7.08. The topological polar surface area (TPSA) is 35.8 Å². The minimum absolute atomic E-state index is 0.223. The number of hydrogen-bond donors (Lipinski definition) is 1. The van der Waals surface area contributed by atoms with Crippen LogP contribution in [0.4, 0.5) is 0 Å². The lowest BCUT2D eigenvalue weighted by molar-refractivity contribution is 0.00710. The average molecular weight is 381 g/mol. The average Bonchev–Trinajstić information content (AvgIpc) is 3.13. The Morgan fingerprint density at radius 3 is 1.59 bits per heavy atom. The van der Waals surface area contributed by atoms with Crippen LogP contribution in [0.2, 0.25) is 0 Å². The second-order valence-electron chi connectivity index (χ2n) is 8.59. The summed E-state index contributed by atoms with van der Waals surface area (Å²) in [7, 11) is 0. The maximum atomic E-state index is 9.71. The summed E-state index contributed by atoms with van der Waals surface area (Å²) in [6.45, 7) is 4.94. The Morgan fingerprint density at radius 1 is 0.778 bits per heavy atom. The molecule has 1 aliphatic heterocycles. The molecular formula is C24H48N2O. The second-order valence-corrected chi connectivity index (χ2v) is 8.59. The number of aliphatic hydroxyl groups is 1. The fourth-order valence-corrected chi connectivity index (χ4v) is 4.16. The lowest BCUT2D eigenvalue weighted by Gasteiger charge is -2.25. The van der Waals surface area contributed by atoms with Gasteiger partial charge in [-0.15, -0.1) is 0 Å². The minimum Gasteiger partial charge on any atom is -0.379 e. The van der Waals surface area contributed by atoms with Gasteiger partial charge in [-0.1, -0.05) is 110 Å². The largest absolute Gasteiger partial charge is 0.379 e. The molecule has 1 N–H and O–H groups in total. The Balaban J connectivity index is 1.74. The minimum atomic E-state index is -0.372. The zero-order valence-electron chi connectivity index (χ0n) is 18.5. The normalized spacial score (nSPS) is 18.4. The molecule has 3 nitrogen and oxygen atoms in total. The van der Waals surface area contributed by atoms with E-state index in [2.05, 4.69) is 16.8 Å². The molecule has 1 rings (SSSR count). The Bertz CT molecular complexity index is 343. The molecule has 0 bridgehead atoms. The molecule has 0 saturated carbocycles. The van der Waals surface area contributed by atoms with Crippen molar-refractivity contribution in [1.82, 2.24) is 4.90 Å². The first-order valence-corrected chi connectivity index (χ1v) is 12.2. The van der Waals surface area contributed by atoms with Gasteiger partial charge in [0.1, 0.15) is 12.4 Å². The third kappa shape index (κ3) is 13.4. The number of nitrogens with zero attached hydrogens (tertiary/aromatic N) is 2. The monoisotopic (exact) mass is 380 g/mol. The Hall–Kier alpha value is -0.410. The lowest BCUT2D eigenvalue weighted by Crippen LogP contribution is -2.37. The van der Waals surface area contributed by atoms with E-state index in [1.807, 2.05) is 13.1 Å². The van der Waals surface area contributed by atoms with E-state index in [4.69, 9.17) is 0 Å². The standard InChI is InChI=1S/C24H48N2O/c1-3-4-5-6-7-8-9-10-11-12-13-14-15-16-17-18-19-20-24-25-21-22-26(24)23(2)27/h21,23-24,27H,3-20,22H2,1-2H3. The van der Waals surface area contributed by atoms with Gasteiger partial charge >= 0.3 is 0 Å². The third-order valence-corrected chi connectivity index (χ3v) is 6.00. The molecule has 0 radical (unpaired) electrons. The molecule has 0 amide bonds. The smallest absolute Gasteiger partial charge is 0.106 e. The van der Waals surface area contributed by atoms with Crippen molar-refractivity contribution >= 4 is 6.21 Å². The van der Waals surface area contributed by atoms with Gasteiger partial charge < -0.3 is 5.11 Å². The molecule has 160 valence electrons. The van der Waals surface area contributed by atoms with Gasteiger partial charge in [0, 0.05) is 12.8 Å². The molecule has 0 saturated heterocycles. The van der Waals surface area contributed by atoms with Gasteiger partial charge in [0.15, 0.2) is 0 Å². The van der Waals surface area contributed by atoms with Gasteiger partial charge in [-0.3, -0.25) is 9.89 Å². The van der Waals surface area contributed by atoms with Crippen molar-refractivity contribution in [2.75, 3.05) is 6.54 Å². The van der Waals surface area contributed by atoms with Crippen LogP contribution >= 0.6 is 0 Å². The van der Waals surface area contributed by atoms with Crippen LogP contribution in [0, 0.1) is 0 Å². The van der Waals surface area contributed by atoms with Crippen molar-refractivity contribution in [3.8, 4) is 0 Å². The SMILES string of the molecule is CCCCCCCCCCCCCCCCCCCC1N=CCN1C(C)O. The molecule has 1 heterocycles.